The molecule has 19 heavy (non-hydrogen) atoms. The second-order valence-electron chi connectivity index (χ2n) is 4.13. The number of carbonyl (C=O) groups excluding carboxylic acids is 1. The summed E-state index contributed by atoms with van der Waals surface area (Å²) in [6.07, 6.45) is 1.18. The Balaban J connectivity index is 2.21. The monoisotopic (exact) mass is 260 g/mol. The number of aromatic nitrogens is 1. The van der Waals surface area contributed by atoms with Gasteiger partial charge in [-0.3, -0.25) is 4.79 Å². The SMILES string of the molecule is Cc1ccc(CO)cc1NC(=O)c1ccc(F)nc1. The Bertz CT molecular complexity index is 597. The topological polar surface area (TPSA) is 62.2 Å². The van der Waals surface area contributed by atoms with Gasteiger partial charge in [0.1, 0.15) is 0 Å². The van der Waals surface area contributed by atoms with E-state index in [-0.39, 0.29) is 18.1 Å². The van der Waals surface area contributed by atoms with E-state index in [0.717, 1.165) is 11.6 Å². The van der Waals surface area contributed by atoms with Crippen LogP contribution in [0.3, 0.4) is 0 Å². The first kappa shape index (κ1) is 13.2. The molecule has 0 bridgehead atoms. The number of aryl methyl sites for hydroxylation is 1. The molecular formula is C14H13FN2O2. The van der Waals surface area contributed by atoms with Crippen molar-refractivity contribution in [2.45, 2.75) is 13.5 Å². The molecule has 2 rings (SSSR count). The second kappa shape index (κ2) is 5.58. The first-order valence-corrected chi connectivity index (χ1v) is 5.73. The lowest BCUT2D eigenvalue weighted by atomic mass is 10.1. The molecule has 1 amide bonds. The van der Waals surface area contributed by atoms with Crippen molar-refractivity contribution in [1.82, 2.24) is 4.98 Å². The van der Waals surface area contributed by atoms with E-state index in [1.54, 1.807) is 12.1 Å². The number of hydrogen-bond donors (Lipinski definition) is 2. The third-order valence-electron chi connectivity index (χ3n) is 2.72. The molecule has 98 valence electrons. The zero-order valence-electron chi connectivity index (χ0n) is 10.4. The summed E-state index contributed by atoms with van der Waals surface area (Å²) < 4.78 is 12.7. The number of nitrogens with one attached hydrogen (secondary N) is 1. The molecule has 0 aliphatic heterocycles. The number of aliphatic hydroxyl groups is 1. The molecule has 2 N–H and O–H groups in total. The van der Waals surface area contributed by atoms with Crippen molar-refractivity contribution in [1.29, 1.82) is 0 Å². The van der Waals surface area contributed by atoms with Gasteiger partial charge in [0.2, 0.25) is 5.95 Å². The maximum absolute atomic E-state index is 12.7. The van der Waals surface area contributed by atoms with E-state index in [0.29, 0.717) is 11.3 Å². The Labute approximate surface area is 109 Å². The van der Waals surface area contributed by atoms with Gasteiger partial charge in [-0.25, -0.2) is 4.98 Å². The lowest BCUT2D eigenvalue weighted by Gasteiger charge is -2.09. The minimum absolute atomic E-state index is 0.0960. The molecule has 0 spiro atoms. The highest BCUT2D eigenvalue weighted by Gasteiger charge is 2.09. The van der Waals surface area contributed by atoms with E-state index in [1.807, 2.05) is 13.0 Å². The van der Waals surface area contributed by atoms with Crippen molar-refractivity contribution in [3.8, 4) is 0 Å². The molecule has 0 aliphatic rings. The number of halogens is 1. The number of aliphatic hydroxyl groups excluding tert-OH is 1. The van der Waals surface area contributed by atoms with Gasteiger partial charge in [-0.2, -0.15) is 4.39 Å². The Morgan fingerprint density at radius 1 is 1.37 bits per heavy atom. The van der Waals surface area contributed by atoms with Crippen LogP contribution in [-0.4, -0.2) is 16.0 Å². The number of amides is 1. The van der Waals surface area contributed by atoms with E-state index in [1.165, 1.54) is 12.3 Å². The standard InChI is InChI=1S/C14H13FN2O2/c1-9-2-3-10(8-18)6-12(9)17-14(19)11-4-5-13(15)16-7-11/h2-7,18H,8H2,1H3,(H,17,19). The average molecular weight is 260 g/mol. The van der Waals surface area contributed by atoms with Crippen molar-refractivity contribution in [2.24, 2.45) is 0 Å². The molecule has 5 heteroatoms. The van der Waals surface area contributed by atoms with Crippen molar-refractivity contribution in [3.05, 3.63) is 59.2 Å². The minimum Gasteiger partial charge on any atom is -0.392 e. The third-order valence-corrected chi connectivity index (χ3v) is 2.72. The van der Waals surface area contributed by atoms with Crippen LogP contribution >= 0.6 is 0 Å². The maximum Gasteiger partial charge on any atom is 0.257 e. The maximum atomic E-state index is 12.7. The van der Waals surface area contributed by atoms with Gasteiger partial charge in [0.25, 0.3) is 5.91 Å². The quantitative estimate of drug-likeness (QED) is 0.832. The smallest absolute Gasteiger partial charge is 0.257 e. The summed E-state index contributed by atoms with van der Waals surface area (Å²) in [7, 11) is 0. The van der Waals surface area contributed by atoms with Gasteiger partial charge in [0, 0.05) is 11.9 Å². The lowest BCUT2D eigenvalue weighted by Crippen LogP contribution is -2.13. The molecular weight excluding hydrogens is 247 g/mol. The number of hydrogen-bond acceptors (Lipinski definition) is 3. The first-order chi connectivity index (χ1) is 9.10. The Morgan fingerprint density at radius 2 is 2.16 bits per heavy atom. The van der Waals surface area contributed by atoms with Crippen LogP contribution < -0.4 is 5.32 Å². The summed E-state index contributed by atoms with van der Waals surface area (Å²) >= 11 is 0. The Hall–Kier alpha value is -2.27. The van der Waals surface area contributed by atoms with Crippen molar-refractivity contribution in [2.75, 3.05) is 5.32 Å². The van der Waals surface area contributed by atoms with E-state index in [9.17, 15) is 9.18 Å². The molecule has 1 heterocycles. The highest BCUT2D eigenvalue weighted by atomic mass is 19.1. The molecule has 0 saturated heterocycles. The predicted octanol–water partition coefficient (Wildman–Crippen LogP) is 2.27. The molecule has 0 radical (unpaired) electrons. The zero-order chi connectivity index (χ0) is 13.8. The molecule has 1 aromatic carbocycles. The Kier molecular flexibility index (Phi) is 3.87. The van der Waals surface area contributed by atoms with Gasteiger partial charge in [0.15, 0.2) is 0 Å². The van der Waals surface area contributed by atoms with Crippen LogP contribution in [0.2, 0.25) is 0 Å². The molecule has 0 saturated carbocycles. The van der Waals surface area contributed by atoms with E-state index < -0.39 is 5.95 Å². The zero-order valence-corrected chi connectivity index (χ0v) is 10.4. The number of pyridine rings is 1. The molecule has 4 nitrogen and oxygen atoms in total. The molecule has 0 fully saturated rings. The fraction of sp³-hybridized carbons (Fsp3) is 0.143. The van der Waals surface area contributed by atoms with Gasteiger partial charge < -0.3 is 10.4 Å². The van der Waals surface area contributed by atoms with Crippen LogP contribution in [0.15, 0.2) is 36.5 Å². The number of nitrogens with zero attached hydrogens (tertiary/aromatic N) is 1. The van der Waals surface area contributed by atoms with Crippen molar-refractivity contribution >= 4 is 11.6 Å². The van der Waals surface area contributed by atoms with Gasteiger partial charge in [0.05, 0.1) is 12.2 Å². The highest BCUT2D eigenvalue weighted by molar-refractivity contribution is 6.04. The van der Waals surface area contributed by atoms with Crippen LogP contribution in [-0.2, 0) is 6.61 Å². The second-order valence-corrected chi connectivity index (χ2v) is 4.13. The van der Waals surface area contributed by atoms with Crippen LogP contribution in [0.25, 0.3) is 0 Å². The van der Waals surface area contributed by atoms with Crippen molar-refractivity contribution in [3.63, 3.8) is 0 Å². The number of benzene rings is 1. The molecule has 0 unspecified atom stereocenters. The molecule has 0 atom stereocenters. The van der Waals surface area contributed by atoms with Gasteiger partial charge in [-0.05, 0) is 36.2 Å². The summed E-state index contributed by atoms with van der Waals surface area (Å²) in [4.78, 5) is 15.4. The number of rotatable bonds is 3. The lowest BCUT2D eigenvalue weighted by molar-refractivity contribution is 0.102. The van der Waals surface area contributed by atoms with Crippen LogP contribution in [0.4, 0.5) is 10.1 Å². The summed E-state index contributed by atoms with van der Waals surface area (Å²) in [6, 6.07) is 7.79. The van der Waals surface area contributed by atoms with Gasteiger partial charge in [-0.15, -0.1) is 0 Å². The number of anilines is 1. The fourth-order valence-corrected chi connectivity index (χ4v) is 1.61. The predicted molar refractivity (Wildman–Crippen MR) is 69.3 cm³/mol. The first-order valence-electron chi connectivity index (χ1n) is 5.73. The van der Waals surface area contributed by atoms with Crippen molar-refractivity contribution < 1.29 is 14.3 Å². The van der Waals surface area contributed by atoms with E-state index in [2.05, 4.69) is 10.3 Å². The molecule has 2 aromatic rings. The van der Waals surface area contributed by atoms with Gasteiger partial charge in [-0.1, -0.05) is 12.1 Å². The summed E-state index contributed by atoms with van der Waals surface area (Å²) in [5, 5.41) is 11.8. The van der Waals surface area contributed by atoms with Gasteiger partial charge >= 0.3 is 0 Å². The van der Waals surface area contributed by atoms with Crippen LogP contribution in [0.1, 0.15) is 21.5 Å². The minimum atomic E-state index is -0.630. The van der Waals surface area contributed by atoms with Crippen LogP contribution in [0.5, 0.6) is 0 Å². The molecule has 1 aromatic heterocycles. The summed E-state index contributed by atoms with van der Waals surface area (Å²) in [5.41, 5.74) is 2.47. The molecule has 0 aliphatic carbocycles. The van der Waals surface area contributed by atoms with E-state index >= 15 is 0 Å². The normalized spacial score (nSPS) is 10.3. The average Bonchev–Trinajstić information content (AvgIpc) is 2.42. The summed E-state index contributed by atoms with van der Waals surface area (Å²) in [6.45, 7) is 1.75. The highest BCUT2D eigenvalue weighted by Crippen LogP contribution is 2.18. The Morgan fingerprint density at radius 3 is 2.79 bits per heavy atom. The van der Waals surface area contributed by atoms with E-state index in [4.69, 9.17) is 5.11 Å². The summed E-state index contributed by atoms with van der Waals surface area (Å²) in [5.74, 6) is -0.999. The fourth-order valence-electron chi connectivity index (χ4n) is 1.61. The third kappa shape index (κ3) is 3.14. The largest absolute Gasteiger partial charge is 0.392 e. The van der Waals surface area contributed by atoms with Crippen LogP contribution in [0, 0.1) is 12.9 Å². The number of carbonyl (C=O) groups is 1.